The highest BCUT2D eigenvalue weighted by atomic mass is 35.5. The number of halogens is 1. The molecule has 162 valence electrons. The third-order valence-electron chi connectivity index (χ3n) is 5.25. The predicted molar refractivity (Wildman–Crippen MR) is 123 cm³/mol. The van der Waals surface area contributed by atoms with E-state index in [-0.39, 0.29) is 36.3 Å². The van der Waals surface area contributed by atoms with Crippen molar-refractivity contribution < 1.29 is 14.3 Å². The van der Waals surface area contributed by atoms with Gasteiger partial charge in [-0.2, -0.15) is 0 Å². The quantitative estimate of drug-likeness (QED) is 0.427. The Balaban J connectivity index is 0.00000272. The maximum atomic E-state index is 13.4. The van der Waals surface area contributed by atoms with Crippen LogP contribution in [0.15, 0.2) is 47.3 Å². The molecular formula is C23H24ClN3O4. The number of hydrogen-bond donors (Lipinski definition) is 2. The van der Waals surface area contributed by atoms with Gasteiger partial charge in [0.1, 0.15) is 6.54 Å². The predicted octanol–water partition coefficient (Wildman–Crippen LogP) is 2.96. The van der Waals surface area contributed by atoms with Crippen molar-refractivity contribution in [1.82, 2.24) is 4.57 Å². The number of benzene rings is 2. The number of carbonyl (C=O) groups excluding carboxylic acids is 2. The van der Waals surface area contributed by atoms with E-state index in [2.05, 4.69) is 5.32 Å². The van der Waals surface area contributed by atoms with Crippen LogP contribution in [0.4, 0.5) is 5.69 Å². The van der Waals surface area contributed by atoms with Gasteiger partial charge in [-0.15, -0.1) is 12.4 Å². The summed E-state index contributed by atoms with van der Waals surface area (Å²) in [5.41, 5.74) is 8.70. The molecular weight excluding hydrogens is 418 g/mol. The van der Waals surface area contributed by atoms with Crippen LogP contribution in [0.5, 0.6) is 0 Å². The van der Waals surface area contributed by atoms with Gasteiger partial charge in [-0.1, -0.05) is 30.3 Å². The van der Waals surface area contributed by atoms with Gasteiger partial charge in [-0.25, -0.2) is 0 Å². The molecule has 8 heteroatoms. The van der Waals surface area contributed by atoms with Gasteiger partial charge >= 0.3 is 5.97 Å². The van der Waals surface area contributed by atoms with Crippen molar-refractivity contribution in [1.29, 1.82) is 0 Å². The topological polar surface area (TPSA) is 103 Å². The van der Waals surface area contributed by atoms with Crippen molar-refractivity contribution in [3.05, 3.63) is 63.9 Å². The molecule has 0 bridgehead atoms. The number of anilines is 1. The van der Waals surface area contributed by atoms with E-state index in [0.29, 0.717) is 59.4 Å². The Bertz CT molecular complexity index is 1220. The molecule has 4 rings (SSSR count). The van der Waals surface area contributed by atoms with Gasteiger partial charge in [0.15, 0.2) is 5.78 Å². The smallest absolute Gasteiger partial charge is 0.325 e. The highest BCUT2D eigenvalue weighted by Gasteiger charge is 2.32. The summed E-state index contributed by atoms with van der Waals surface area (Å²) in [5, 5.41) is 4.02. The van der Waals surface area contributed by atoms with Gasteiger partial charge in [0.2, 0.25) is 0 Å². The molecule has 31 heavy (non-hydrogen) atoms. The lowest BCUT2D eigenvalue weighted by Crippen LogP contribution is -2.24. The fourth-order valence-corrected chi connectivity index (χ4v) is 3.94. The molecule has 0 unspecified atom stereocenters. The van der Waals surface area contributed by atoms with E-state index in [4.69, 9.17) is 10.5 Å². The lowest BCUT2D eigenvalue weighted by Gasteiger charge is -2.15. The maximum Gasteiger partial charge on any atom is 0.325 e. The van der Waals surface area contributed by atoms with Gasteiger partial charge in [-0.3, -0.25) is 14.4 Å². The molecule has 0 radical (unpaired) electrons. The summed E-state index contributed by atoms with van der Waals surface area (Å²) >= 11 is 0. The van der Waals surface area contributed by atoms with E-state index in [1.165, 1.54) is 0 Å². The molecule has 3 N–H and O–H groups in total. The summed E-state index contributed by atoms with van der Waals surface area (Å²) in [6.07, 6.45) is 0.620. The Kier molecular flexibility index (Phi) is 6.77. The molecule has 3 aromatic rings. The van der Waals surface area contributed by atoms with Crippen molar-refractivity contribution in [2.75, 3.05) is 25.0 Å². The molecule has 1 heterocycles. The molecule has 1 aliphatic rings. The zero-order valence-electron chi connectivity index (χ0n) is 17.1. The zero-order valence-corrected chi connectivity index (χ0v) is 18.0. The summed E-state index contributed by atoms with van der Waals surface area (Å²) in [4.78, 5) is 38.2. The van der Waals surface area contributed by atoms with E-state index < -0.39 is 0 Å². The van der Waals surface area contributed by atoms with Crippen LogP contribution in [0.1, 0.15) is 29.3 Å². The van der Waals surface area contributed by atoms with E-state index in [1.807, 2.05) is 18.2 Å². The van der Waals surface area contributed by atoms with Gasteiger partial charge in [0.05, 0.1) is 17.9 Å². The number of carbonyl (C=O) groups is 2. The average molecular weight is 442 g/mol. The Labute approximate surface area is 185 Å². The minimum atomic E-state index is -0.377. The Morgan fingerprint density at radius 1 is 1.10 bits per heavy atom. The van der Waals surface area contributed by atoms with Gasteiger partial charge < -0.3 is 20.4 Å². The second kappa shape index (κ2) is 9.32. The Hall–Kier alpha value is -3.16. The fraction of sp³-hybridized carbons (Fsp3) is 0.261. The third-order valence-corrected chi connectivity index (χ3v) is 5.25. The van der Waals surface area contributed by atoms with E-state index in [9.17, 15) is 14.4 Å². The number of nitrogens with two attached hydrogens (primary N) is 1. The van der Waals surface area contributed by atoms with Crippen molar-refractivity contribution in [2.24, 2.45) is 5.73 Å². The van der Waals surface area contributed by atoms with Crippen molar-refractivity contribution in [2.45, 2.75) is 19.9 Å². The Morgan fingerprint density at radius 2 is 1.84 bits per heavy atom. The van der Waals surface area contributed by atoms with E-state index in [0.717, 1.165) is 5.56 Å². The maximum absolute atomic E-state index is 13.4. The standard InChI is InChI=1S/C23H23N3O4.ClH/c1-2-30-19(27)13-25-14-8-9-15-18(12-14)23(29)26(11-5-10-24)21-16-6-3-4-7-17(16)22(28)20(15)21;/h3-4,6-9,12,25H,2,5,10-11,13,24H2,1H3;1H. The average Bonchev–Trinajstić information content (AvgIpc) is 3.05. The van der Waals surface area contributed by atoms with E-state index >= 15 is 0 Å². The number of nitrogens with zero attached hydrogens (tertiary/aromatic N) is 1. The van der Waals surface area contributed by atoms with Crippen LogP contribution in [0, 0.1) is 0 Å². The first-order chi connectivity index (χ1) is 14.6. The summed E-state index contributed by atoms with van der Waals surface area (Å²) < 4.78 is 6.58. The van der Waals surface area contributed by atoms with Gasteiger partial charge in [0.25, 0.3) is 5.56 Å². The first-order valence-corrected chi connectivity index (χ1v) is 10.0. The van der Waals surface area contributed by atoms with Gasteiger partial charge in [-0.05, 0) is 32.0 Å². The third kappa shape index (κ3) is 3.94. The van der Waals surface area contributed by atoms with Gasteiger partial charge in [0, 0.05) is 34.1 Å². The highest BCUT2D eigenvalue weighted by molar-refractivity contribution is 6.26. The van der Waals surface area contributed by atoms with Crippen LogP contribution in [-0.4, -0.2) is 36.0 Å². The fourth-order valence-electron chi connectivity index (χ4n) is 3.94. The molecule has 1 aliphatic carbocycles. The van der Waals surface area contributed by atoms with Crippen LogP contribution < -0.4 is 16.6 Å². The number of hydrogen-bond acceptors (Lipinski definition) is 6. The monoisotopic (exact) mass is 441 g/mol. The van der Waals surface area contributed by atoms with Crippen LogP contribution in [-0.2, 0) is 16.1 Å². The molecule has 7 nitrogen and oxygen atoms in total. The number of pyridine rings is 1. The van der Waals surface area contributed by atoms with Crippen LogP contribution in [0.2, 0.25) is 0 Å². The number of fused-ring (bicyclic) bond motifs is 5. The number of ketones is 1. The molecule has 0 aliphatic heterocycles. The van der Waals surface area contributed by atoms with Crippen LogP contribution in [0.3, 0.4) is 0 Å². The number of esters is 1. The first kappa shape index (κ1) is 22.5. The minimum absolute atomic E-state index is 0. The molecule has 0 amide bonds. The molecule has 2 aromatic carbocycles. The van der Waals surface area contributed by atoms with E-state index in [1.54, 1.807) is 35.8 Å². The van der Waals surface area contributed by atoms with Crippen molar-refractivity contribution >= 4 is 40.6 Å². The largest absolute Gasteiger partial charge is 0.465 e. The molecule has 0 fully saturated rings. The second-order valence-electron chi connectivity index (χ2n) is 7.12. The lowest BCUT2D eigenvalue weighted by molar-refractivity contribution is -0.140. The highest BCUT2D eigenvalue weighted by Crippen LogP contribution is 2.39. The lowest BCUT2D eigenvalue weighted by atomic mass is 10.0. The Morgan fingerprint density at radius 3 is 2.55 bits per heavy atom. The molecule has 0 saturated carbocycles. The van der Waals surface area contributed by atoms with Crippen molar-refractivity contribution in [3.8, 4) is 11.3 Å². The normalized spacial score (nSPS) is 11.6. The second-order valence-corrected chi connectivity index (χ2v) is 7.12. The van der Waals surface area contributed by atoms with Crippen molar-refractivity contribution in [3.63, 3.8) is 0 Å². The summed E-state index contributed by atoms with van der Waals surface area (Å²) in [5.74, 6) is -0.461. The summed E-state index contributed by atoms with van der Waals surface area (Å²) in [6.45, 7) is 2.91. The number of nitrogens with one attached hydrogen (secondary N) is 1. The number of aromatic nitrogens is 1. The molecule has 0 saturated heterocycles. The summed E-state index contributed by atoms with van der Waals surface area (Å²) in [7, 11) is 0. The van der Waals surface area contributed by atoms with Crippen LogP contribution >= 0.6 is 12.4 Å². The first-order valence-electron chi connectivity index (χ1n) is 10.0. The molecule has 0 spiro atoms. The summed E-state index contributed by atoms with van der Waals surface area (Å²) in [6, 6.07) is 12.6. The minimum Gasteiger partial charge on any atom is -0.465 e. The molecule has 0 atom stereocenters. The molecule has 1 aromatic heterocycles. The SMILES string of the molecule is CCOC(=O)CNc1ccc2c3c(n(CCCN)c(=O)c2c1)-c1ccccc1C3=O.Cl. The zero-order chi connectivity index (χ0) is 21.3. The van der Waals surface area contributed by atoms with Crippen LogP contribution in [0.25, 0.3) is 22.0 Å². The number of rotatable bonds is 7. The number of ether oxygens (including phenoxy) is 1.